The van der Waals surface area contributed by atoms with Gasteiger partial charge in [-0.3, -0.25) is 4.79 Å². The van der Waals surface area contributed by atoms with Crippen molar-refractivity contribution in [1.29, 1.82) is 0 Å². The molecule has 3 rings (SSSR count). The van der Waals surface area contributed by atoms with Crippen molar-refractivity contribution in [2.45, 2.75) is 33.2 Å². The maximum Gasteiger partial charge on any atom is 0.310 e. The third kappa shape index (κ3) is 6.08. The maximum atomic E-state index is 12.2. The molecule has 8 nitrogen and oxygen atoms in total. The highest BCUT2D eigenvalue weighted by atomic mass is 16.5. The van der Waals surface area contributed by atoms with Crippen molar-refractivity contribution in [3.8, 4) is 0 Å². The first-order valence-corrected chi connectivity index (χ1v) is 11.2. The second kappa shape index (κ2) is 11.2. The fourth-order valence-corrected chi connectivity index (χ4v) is 3.95. The highest BCUT2D eigenvalue weighted by Crippen LogP contribution is 2.19. The molecule has 1 unspecified atom stereocenters. The van der Waals surface area contributed by atoms with E-state index in [0.29, 0.717) is 19.7 Å². The summed E-state index contributed by atoms with van der Waals surface area (Å²) in [6, 6.07) is 4.21. The minimum Gasteiger partial charge on any atom is -0.466 e. The molecule has 1 N–H and O–H groups in total. The number of piperazine rings is 1. The lowest BCUT2D eigenvalue weighted by molar-refractivity contribution is -0.149. The number of piperidine rings is 1. The highest BCUT2D eigenvalue weighted by Gasteiger charge is 2.28. The SMILES string of the molecule is CCNC(=NCc1ccc(N2CCN(C)CC2)nc1)N1CCCC(C(=O)OCC)C1. The molecule has 0 amide bonds. The normalized spacial score (nSPS) is 20.9. The molecule has 1 aromatic heterocycles. The van der Waals surface area contributed by atoms with Gasteiger partial charge in [-0.05, 0) is 45.4 Å². The van der Waals surface area contributed by atoms with Crippen molar-refractivity contribution in [3.63, 3.8) is 0 Å². The summed E-state index contributed by atoms with van der Waals surface area (Å²) < 4.78 is 5.22. The Morgan fingerprint density at radius 3 is 2.70 bits per heavy atom. The van der Waals surface area contributed by atoms with Crippen LogP contribution in [-0.2, 0) is 16.1 Å². The van der Waals surface area contributed by atoms with Gasteiger partial charge in [0.1, 0.15) is 5.82 Å². The van der Waals surface area contributed by atoms with Gasteiger partial charge < -0.3 is 24.8 Å². The van der Waals surface area contributed by atoms with Crippen molar-refractivity contribution in [2.75, 3.05) is 64.4 Å². The summed E-state index contributed by atoms with van der Waals surface area (Å²) >= 11 is 0. The number of nitrogens with zero attached hydrogens (tertiary/aromatic N) is 5. The Balaban J connectivity index is 1.60. The number of likely N-dealkylation sites (N-methyl/N-ethyl adjacent to an activating group) is 1. The number of anilines is 1. The minimum atomic E-state index is -0.0956. The van der Waals surface area contributed by atoms with Crippen LogP contribution in [0.5, 0.6) is 0 Å². The first kappa shape index (κ1) is 22.3. The number of aliphatic imine (C=N–C) groups is 1. The summed E-state index contributed by atoms with van der Waals surface area (Å²) in [5.41, 5.74) is 1.09. The number of hydrogen-bond acceptors (Lipinski definition) is 6. The average molecular weight is 417 g/mol. The zero-order valence-electron chi connectivity index (χ0n) is 18.6. The average Bonchev–Trinajstić information content (AvgIpc) is 2.78. The van der Waals surface area contributed by atoms with E-state index in [1.807, 2.05) is 13.1 Å². The summed E-state index contributed by atoms with van der Waals surface area (Å²) in [6.07, 6.45) is 3.78. The Bertz CT molecular complexity index is 700. The Hall–Kier alpha value is -2.35. The van der Waals surface area contributed by atoms with Crippen LogP contribution in [0.2, 0.25) is 0 Å². The molecule has 0 aromatic carbocycles. The maximum absolute atomic E-state index is 12.2. The smallest absolute Gasteiger partial charge is 0.310 e. The zero-order valence-corrected chi connectivity index (χ0v) is 18.6. The van der Waals surface area contributed by atoms with Crippen LogP contribution in [0.1, 0.15) is 32.3 Å². The third-order valence-corrected chi connectivity index (χ3v) is 5.72. The van der Waals surface area contributed by atoms with Crippen molar-refractivity contribution >= 4 is 17.7 Å². The predicted molar refractivity (Wildman–Crippen MR) is 120 cm³/mol. The van der Waals surface area contributed by atoms with E-state index in [2.05, 4.69) is 51.1 Å². The van der Waals surface area contributed by atoms with Crippen LogP contribution in [0.3, 0.4) is 0 Å². The number of guanidine groups is 1. The number of esters is 1. The van der Waals surface area contributed by atoms with E-state index < -0.39 is 0 Å². The van der Waals surface area contributed by atoms with Gasteiger partial charge in [-0.2, -0.15) is 0 Å². The van der Waals surface area contributed by atoms with Gasteiger partial charge in [0.05, 0.1) is 19.1 Å². The molecule has 8 heteroatoms. The van der Waals surface area contributed by atoms with Crippen LogP contribution in [0, 0.1) is 5.92 Å². The number of carbonyl (C=O) groups excluding carboxylic acids is 1. The van der Waals surface area contributed by atoms with Gasteiger partial charge >= 0.3 is 5.97 Å². The number of likely N-dealkylation sites (tertiary alicyclic amines) is 1. The highest BCUT2D eigenvalue weighted by molar-refractivity contribution is 5.81. The Labute approximate surface area is 180 Å². The van der Waals surface area contributed by atoms with Gasteiger partial charge in [0, 0.05) is 52.0 Å². The molecular weight excluding hydrogens is 380 g/mol. The number of rotatable bonds is 6. The molecule has 0 radical (unpaired) electrons. The first-order valence-electron chi connectivity index (χ1n) is 11.2. The molecule has 2 aliphatic heterocycles. The number of pyridine rings is 1. The Morgan fingerprint density at radius 1 is 1.23 bits per heavy atom. The second-order valence-electron chi connectivity index (χ2n) is 8.02. The molecule has 0 spiro atoms. The van der Waals surface area contributed by atoms with Gasteiger partial charge in [-0.1, -0.05) is 6.07 Å². The molecule has 0 saturated carbocycles. The molecule has 0 bridgehead atoms. The lowest BCUT2D eigenvalue weighted by Gasteiger charge is -2.34. The van der Waals surface area contributed by atoms with Crippen LogP contribution in [-0.4, -0.2) is 86.2 Å². The largest absolute Gasteiger partial charge is 0.466 e. The van der Waals surface area contributed by atoms with Gasteiger partial charge in [-0.15, -0.1) is 0 Å². The number of ether oxygens (including phenoxy) is 1. The molecule has 2 saturated heterocycles. The van der Waals surface area contributed by atoms with Crippen LogP contribution >= 0.6 is 0 Å². The quantitative estimate of drug-likeness (QED) is 0.429. The standard InChI is InChI=1S/C22H36N6O2/c1-4-23-22(28-10-6-7-19(17-28)21(29)30-5-2)25-16-18-8-9-20(24-15-18)27-13-11-26(3)12-14-27/h8-9,15,19H,4-7,10-14,16-17H2,1-3H3,(H,23,25). The fourth-order valence-electron chi connectivity index (χ4n) is 3.95. The molecule has 30 heavy (non-hydrogen) atoms. The van der Waals surface area contributed by atoms with Crippen molar-refractivity contribution in [3.05, 3.63) is 23.9 Å². The summed E-state index contributed by atoms with van der Waals surface area (Å²) in [6.45, 7) is 11.4. The molecular formula is C22H36N6O2. The Kier molecular flexibility index (Phi) is 8.30. The van der Waals surface area contributed by atoms with E-state index in [0.717, 1.165) is 69.5 Å². The first-order chi connectivity index (χ1) is 14.6. The van der Waals surface area contributed by atoms with E-state index in [1.54, 1.807) is 0 Å². The van der Waals surface area contributed by atoms with E-state index in [1.165, 1.54) is 0 Å². The summed E-state index contributed by atoms with van der Waals surface area (Å²) in [5.74, 6) is 1.72. The van der Waals surface area contributed by atoms with E-state index in [4.69, 9.17) is 9.73 Å². The fraction of sp³-hybridized carbons (Fsp3) is 0.682. The monoisotopic (exact) mass is 416 g/mol. The third-order valence-electron chi connectivity index (χ3n) is 5.72. The number of hydrogen-bond donors (Lipinski definition) is 1. The van der Waals surface area contributed by atoms with Gasteiger partial charge in [0.25, 0.3) is 0 Å². The number of aromatic nitrogens is 1. The van der Waals surface area contributed by atoms with Gasteiger partial charge in [-0.25, -0.2) is 9.98 Å². The van der Waals surface area contributed by atoms with Crippen molar-refractivity contribution < 1.29 is 9.53 Å². The van der Waals surface area contributed by atoms with Crippen molar-refractivity contribution in [1.82, 2.24) is 20.1 Å². The lowest BCUT2D eigenvalue weighted by atomic mass is 9.98. The molecule has 0 aliphatic carbocycles. The zero-order chi connectivity index (χ0) is 21.3. The van der Waals surface area contributed by atoms with Crippen LogP contribution < -0.4 is 10.2 Å². The number of nitrogens with one attached hydrogen (secondary N) is 1. The molecule has 2 fully saturated rings. The van der Waals surface area contributed by atoms with E-state index in [-0.39, 0.29) is 11.9 Å². The number of carbonyl (C=O) groups is 1. The Morgan fingerprint density at radius 2 is 2.03 bits per heavy atom. The molecule has 2 aliphatic rings. The lowest BCUT2D eigenvalue weighted by Crippen LogP contribution is -2.48. The summed E-state index contributed by atoms with van der Waals surface area (Å²) in [5, 5.41) is 3.37. The van der Waals surface area contributed by atoms with Crippen LogP contribution in [0.4, 0.5) is 5.82 Å². The summed E-state index contributed by atoms with van der Waals surface area (Å²) in [4.78, 5) is 28.5. The molecule has 166 valence electrons. The molecule has 1 aromatic rings. The predicted octanol–water partition coefficient (Wildman–Crippen LogP) is 1.57. The van der Waals surface area contributed by atoms with Crippen LogP contribution in [0.25, 0.3) is 0 Å². The van der Waals surface area contributed by atoms with Gasteiger partial charge in [0.15, 0.2) is 5.96 Å². The topological polar surface area (TPSA) is 73.3 Å². The second-order valence-corrected chi connectivity index (χ2v) is 8.02. The summed E-state index contributed by atoms with van der Waals surface area (Å²) in [7, 11) is 2.16. The van der Waals surface area contributed by atoms with Gasteiger partial charge in [0.2, 0.25) is 0 Å². The van der Waals surface area contributed by atoms with Crippen molar-refractivity contribution in [2.24, 2.45) is 10.9 Å². The van der Waals surface area contributed by atoms with E-state index >= 15 is 0 Å². The molecule has 3 heterocycles. The van der Waals surface area contributed by atoms with E-state index in [9.17, 15) is 4.79 Å². The minimum absolute atomic E-state index is 0.0768. The van der Waals surface area contributed by atoms with Crippen LogP contribution in [0.15, 0.2) is 23.3 Å². The molecule has 1 atom stereocenters.